The molecule has 1 aliphatic heterocycles. The van der Waals surface area contributed by atoms with E-state index in [-0.39, 0.29) is 6.09 Å². The third-order valence-electron chi connectivity index (χ3n) is 2.99. The molecule has 5 heteroatoms. The summed E-state index contributed by atoms with van der Waals surface area (Å²) in [6.45, 7) is 3.05. The molecule has 0 atom stereocenters. The van der Waals surface area contributed by atoms with Gasteiger partial charge in [0.1, 0.15) is 6.61 Å². The molecular weight excluding hydrogens is 230 g/mol. The number of nitrogens with one attached hydrogen (secondary N) is 1. The van der Waals surface area contributed by atoms with E-state index in [0.717, 1.165) is 22.5 Å². The predicted octanol–water partition coefficient (Wildman–Crippen LogP) is 2.34. The van der Waals surface area contributed by atoms with Gasteiger partial charge in [-0.3, -0.25) is 10.00 Å². The number of aryl methyl sites for hydroxylation is 1. The molecule has 5 nitrogen and oxygen atoms in total. The monoisotopic (exact) mass is 243 g/mol. The van der Waals surface area contributed by atoms with Crippen LogP contribution in [0.1, 0.15) is 5.56 Å². The number of ether oxygens (including phenoxy) is 1. The van der Waals surface area contributed by atoms with Crippen molar-refractivity contribution in [3.63, 3.8) is 0 Å². The van der Waals surface area contributed by atoms with Gasteiger partial charge >= 0.3 is 6.09 Å². The highest BCUT2D eigenvalue weighted by atomic mass is 16.6. The number of aromatic amines is 1. The minimum atomic E-state index is -0.292. The fraction of sp³-hybridized carbons (Fsp3) is 0.231. The molecule has 1 aromatic carbocycles. The summed E-state index contributed by atoms with van der Waals surface area (Å²) in [5.74, 6) is 0. The summed E-state index contributed by atoms with van der Waals surface area (Å²) < 4.78 is 4.98. The van der Waals surface area contributed by atoms with Crippen molar-refractivity contribution in [1.29, 1.82) is 0 Å². The van der Waals surface area contributed by atoms with Gasteiger partial charge in [0.25, 0.3) is 0 Å². The van der Waals surface area contributed by atoms with E-state index >= 15 is 0 Å². The van der Waals surface area contributed by atoms with Crippen LogP contribution in [0.2, 0.25) is 0 Å². The van der Waals surface area contributed by atoms with Crippen LogP contribution < -0.4 is 4.90 Å². The molecule has 1 aliphatic rings. The zero-order valence-electron chi connectivity index (χ0n) is 10.0. The standard InChI is InChI=1S/C13H13N3O2/c1-9-2-3-12(16-6-7-18-13(16)17)10(8-9)11-4-5-14-15-11/h2-5,8H,6-7H2,1H3,(H,14,15). The molecule has 18 heavy (non-hydrogen) atoms. The molecule has 2 heterocycles. The molecule has 2 aromatic rings. The molecule has 0 aliphatic carbocycles. The van der Waals surface area contributed by atoms with Crippen molar-refractivity contribution in [3.05, 3.63) is 36.0 Å². The Balaban J connectivity index is 2.11. The number of amides is 1. The number of cyclic esters (lactones) is 1. The quantitative estimate of drug-likeness (QED) is 0.880. The normalized spacial score (nSPS) is 14.9. The molecule has 1 amide bonds. The van der Waals surface area contributed by atoms with Gasteiger partial charge in [0.05, 0.1) is 17.9 Å². The van der Waals surface area contributed by atoms with Crippen molar-refractivity contribution < 1.29 is 9.53 Å². The van der Waals surface area contributed by atoms with Crippen LogP contribution in [0, 0.1) is 6.92 Å². The first-order valence-corrected chi connectivity index (χ1v) is 5.80. The molecule has 1 aromatic heterocycles. The average Bonchev–Trinajstić information content (AvgIpc) is 3.00. The summed E-state index contributed by atoms with van der Waals surface area (Å²) >= 11 is 0. The van der Waals surface area contributed by atoms with E-state index in [9.17, 15) is 4.79 Å². The van der Waals surface area contributed by atoms with Crippen molar-refractivity contribution in [2.24, 2.45) is 0 Å². The SMILES string of the molecule is Cc1ccc(N2CCOC2=O)c(-c2ccn[nH]2)c1. The minimum Gasteiger partial charge on any atom is -0.447 e. The summed E-state index contributed by atoms with van der Waals surface area (Å²) in [7, 11) is 0. The number of H-pyrrole nitrogens is 1. The highest BCUT2D eigenvalue weighted by Crippen LogP contribution is 2.32. The molecule has 0 unspecified atom stereocenters. The van der Waals surface area contributed by atoms with E-state index in [1.54, 1.807) is 11.1 Å². The third-order valence-corrected chi connectivity index (χ3v) is 2.99. The van der Waals surface area contributed by atoms with Crippen LogP contribution in [-0.2, 0) is 4.74 Å². The lowest BCUT2D eigenvalue weighted by Gasteiger charge is -2.17. The Morgan fingerprint density at radius 2 is 2.28 bits per heavy atom. The van der Waals surface area contributed by atoms with Crippen molar-refractivity contribution in [2.75, 3.05) is 18.1 Å². The summed E-state index contributed by atoms with van der Waals surface area (Å²) in [6.07, 6.45) is 1.41. The van der Waals surface area contributed by atoms with E-state index in [2.05, 4.69) is 10.2 Å². The molecule has 0 bridgehead atoms. The maximum Gasteiger partial charge on any atom is 0.414 e. The van der Waals surface area contributed by atoms with Crippen LogP contribution in [-0.4, -0.2) is 29.4 Å². The summed E-state index contributed by atoms with van der Waals surface area (Å²) in [4.78, 5) is 13.3. The number of aromatic nitrogens is 2. The van der Waals surface area contributed by atoms with Crippen molar-refractivity contribution in [1.82, 2.24) is 10.2 Å². The number of nitrogens with zero attached hydrogens (tertiary/aromatic N) is 2. The highest BCUT2D eigenvalue weighted by molar-refractivity contribution is 5.94. The fourth-order valence-corrected chi connectivity index (χ4v) is 2.12. The zero-order chi connectivity index (χ0) is 12.5. The average molecular weight is 243 g/mol. The van der Waals surface area contributed by atoms with Gasteiger partial charge in [-0.2, -0.15) is 5.10 Å². The van der Waals surface area contributed by atoms with Gasteiger partial charge in [0.2, 0.25) is 0 Å². The Bertz CT molecular complexity index is 578. The van der Waals surface area contributed by atoms with Crippen molar-refractivity contribution in [2.45, 2.75) is 6.92 Å². The van der Waals surface area contributed by atoms with Gasteiger partial charge in [-0.1, -0.05) is 11.6 Å². The third kappa shape index (κ3) is 1.73. The number of hydrogen-bond donors (Lipinski definition) is 1. The Hall–Kier alpha value is -2.30. The van der Waals surface area contributed by atoms with Crippen LogP contribution in [0.15, 0.2) is 30.5 Å². The predicted molar refractivity (Wildman–Crippen MR) is 67.5 cm³/mol. The van der Waals surface area contributed by atoms with E-state index in [0.29, 0.717) is 13.2 Å². The van der Waals surface area contributed by atoms with E-state index < -0.39 is 0 Å². The molecule has 0 spiro atoms. The summed E-state index contributed by atoms with van der Waals surface area (Å²) in [5.41, 5.74) is 3.85. The molecule has 1 N–H and O–H groups in total. The zero-order valence-corrected chi connectivity index (χ0v) is 10.0. The molecule has 3 rings (SSSR count). The Morgan fingerprint density at radius 1 is 1.39 bits per heavy atom. The van der Waals surface area contributed by atoms with Crippen LogP contribution in [0.5, 0.6) is 0 Å². The van der Waals surface area contributed by atoms with Crippen molar-refractivity contribution >= 4 is 11.8 Å². The minimum absolute atomic E-state index is 0.292. The first kappa shape index (κ1) is 10.8. The summed E-state index contributed by atoms with van der Waals surface area (Å²) in [5, 5.41) is 6.89. The van der Waals surface area contributed by atoms with Crippen molar-refractivity contribution in [3.8, 4) is 11.3 Å². The number of anilines is 1. The lowest BCUT2D eigenvalue weighted by Crippen LogP contribution is -2.24. The number of carbonyl (C=O) groups is 1. The van der Waals surface area contributed by atoms with E-state index in [4.69, 9.17) is 4.74 Å². The van der Waals surface area contributed by atoms with E-state index in [1.165, 1.54) is 0 Å². The Kier molecular flexibility index (Phi) is 2.51. The van der Waals surface area contributed by atoms with Gasteiger partial charge in [0, 0.05) is 11.8 Å². The molecule has 1 saturated heterocycles. The van der Waals surface area contributed by atoms with Crippen LogP contribution in [0.4, 0.5) is 10.5 Å². The Labute approximate surface area is 104 Å². The van der Waals surface area contributed by atoms with Crippen LogP contribution >= 0.6 is 0 Å². The smallest absolute Gasteiger partial charge is 0.414 e. The number of benzene rings is 1. The first-order valence-electron chi connectivity index (χ1n) is 5.80. The fourth-order valence-electron chi connectivity index (χ4n) is 2.12. The second kappa shape index (κ2) is 4.18. The molecular formula is C13H13N3O2. The van der Waals surface area contributed by atoms with Gasteiger partial charge < -0.3 is 4.74 Å². The molecule has 0 saturated carbocycles. The Morgan fingerprint density at radius 3 is 2.94 bits per heavy atom. The second-order valence-corrected chi connectivity index (χ2v) is 4.26. The van der Waals surface area contributed by atoms with Gasteiger partial charge in [-0.05, 0) is 25.1 Å². The lowest BCUT2D eigenvalue weighted by molar-refractivity contribution is 0.181. The largest absolute Gasteiger partial charge is 0.447 e. The topological polar surface area (TPSA) is 58.2 Å². The number of hydrogen-bond acceptors (Lipinski definition) is 3. The van der Waals surface area contributed by atoms with Gasteiger partial charge in [0.15, 0.2) is 0 Å². The van der Waals surface area contributed by atoms with E-state index in [1.807, 2.05) is 31.2 Å². The summed E-state index contributed by atoms with van der Waals surface area (Å²) in [6, 6.07) is 7.85. The lowest BCUT2D eigenvalue weighted by atomic mass is 10.1. The molecule has 92 valence electrons. The highest BCUT2D eigenvalue weighted by Gasteiger charge is 2.26. The van der Waals surface area contributed by atoms with Crippen LogP contribution in [0.3, 0.4) is 0 Å². The maximum atomic E-state index is 11.7. The van der Waals surface area contributed by atoms with Crippen LogP contribution in [0.25, 0.3) is 11.3 Å². The maximum absolute atomic E-state index is 11.7. The molecule has 1 fully saturated rings. The van der Waals surface area contributed by atoms with Gasteiger partial charge in [-0.15, -0.1) is 0 Å². The number of carbonyl (C=O) groups excluding carboxylic acids is 1. The van der Waals surface area contributed by atoms with Gasteiger partial charge in [-0.25, -0.2) is 4.79 Å². The molecule has 0 radical (unpaired) electrons. The second-order valence-electron chi connectivity index (χ2n) is 4.26. The number of rotatable bonds is 2. The first-order chi connectivity index (χ1) is 8.75.